The van der Waals surface area contributed by atoms with Crippen LogP contribution in [0.3, 0.4) is 0 Å². The van der Waals surface area contributed by atoms with E-state index in [0.29, 0.717) is 0 Å². The normalized spacial score (nSPS) is 10.8. The summed E-state index contributed by atoms with van der Waals surface area (Å²) in [6.07, 6.45) is 0. The lowest BCUT2D eigenvalue weighted by Gasteiger charge is -2.05. The second-order valence-electron chi connectivity index (χ2n) is 4.38. The molecule has 0 atom stereocenters. The first-order valence-electron chi connectivity index (χ1n) is 6.03. The van der Waals surface area contributed by atoms with Crippen molar-refractivity contribution in [3.05, 3.63) is 59.1 Å². The molecule has 0 fully saturated rings. The average molecular weight is 307 g/mol. The molecular formula is C15H9ClF2N2O. The third-order valence-corrected chi connectivity index (χ3v) is 3.27. The SMILES string of the molecule is Nc1noc(-c2ccc(Cl)cc2F)c1-c1ccccc1F. The summed E-state index contributed by atoms with van der Waals surface area (Å²) < 4.78 is 33.1. The van der Waals surface area contributed by atoms with E-state index in [2.05, 4.69) is 5.16 Å². The van der Waals surface area contributed by atoms with Gasteiger partial charge in [0.15, 0.2) is 11.6 Å². The van der Waals surface area contributed by atoms with E-state index in [4.69, 9.17) is 21.9 Å². The van der Waals surface area contributed by atoms with Gasteiger partial charge in [0.1, 0.15) is 11.6 Å². The van der Waals surface area contributed by atoms with E-state index in [-0.39, 0.29) is 33.3 Å². The maximum atomic E-state index is 14.0. The Morgan fingerprint density at radius 3 is 2.48 bits per heavy atom. The number of nitrogen functional groups attached to an aromatic ring is 1. The number of hydrogen-bond donors (Lipinski definition) is 1. The van der Waals surface area contributed by atoms with Crippen LogP contribution in [0.25, 0.3) is 22.5 Å². The Morgan fingerprint density at radius 1 is 1.00 bits per heavy atom. The maximum absolute atomic E-state index is 14.0. The Hall–Kier alpha value is -2.40. The summed E-state index contributed by atoms with van der Waals surface area (Å²) in [4.78, 5) is 0. The molecule has 2 aromatic carbocycles. The highest BCUT2D eigenvalue weighted by Crippen LogP contribution is 2.39. The van der Waals surface area contributed by atoms with Crippen LogP contribution in [0.15, 0.2) is 47.0 Å². The second kappa shape index (κ2) is 5.18. The van der Waals surface area contributed by atoms with E-state index in [0.717, 1.165) is 6.07 Å². The van der Waals surface area contributed by atoms with E-state index < -0.39 is 11.6 Å². The van der Waals surface area contributed by atoms with Crippen LogP contribution in [0.4, 0.5) is 14.6 Å². The molecule has 0 aliphatic heterocycles. The third-order valence-electron chi connectivity index (χ3n) is 3.04. The molecule has 3 aromatic rings. The predicted octanol–water partition coefficient (Wildman–Crippen LogP) is 4.52. The molecule has 0 radical (unpaired) electrons. The summed E-state index contributed by atoms with van der Waals surface area (Å²) in [6.45, 7) is 0. The van der Waals surface area contributed by atoms with Gasteiger partial charge in [-0.25, -0.2) is 8.78 Å². The number of nitrogens with zero attached hydrogens (tertiary/aromatic N) is 1. The van der Waals surface area contributed by atoms with Crippen LogP contribution in [0, 0.1) is 11.6 Å². The standard InChI is InChI=1S/C15H9ClF2N2O/c16-8-5-6-10(12(18)7-8)14-13(15(19)20-21-14)9-3-1-2-4-11(9)17/h1-7H,(H2,19,20). The van der Waals surface area contributed by atoms with E-state index in [9.17, 15) is 8.78 Å². The van der Waals surface area contributed by atoms with Crippen molar-refractivity contribution in [1.29, 1.82) is 0 Å². The molecule has 2 N–H and O–H groups in total. The molecule has 6 heteroatoms. The molecule has 0 aliphatic carbocycles. The predicted molar refractivity (Wildman–Crippen MR) is 76.7 cm³/mol. The molecule has 0 unspecified atom stereocenters. The number of aromatic nitrogens is 1. The van der Waals surface area contributed by atoms with Crippen molar-refractivity contribution in [1.82, 2.24) is 5.16 Å². The largest absolute Gasteiger partial charge is 0.380 e. The lowest BCUT2D eigenvalue weighted by Crippen LogP contribution is -1.92. The first kappa shape index (κ1) is 13.6. The van der Waals surface area contributed by atoms with Crippen molar-refractivity contribution in [2.24, 2.45) is 0 Å². The van der Waals surface area contributed by atoms with Crippen LogP contribution in [-0.2, 0) is 0 Å². The van der Waals surface area contributed by atoms with Crippen LogP contribution < -0.4 is 5.73 Å². The number of rotatable bonds is 2. The molecule has 0 saturated heterocycles. The molecule has 0 saturated carbocycles. The number of benzene rings is 2. The summed E-state index contributed by atoms with van der Waals surface area (Å²) in [5.74, 6) is -1.05. The molecule has 0 amide bonds. The van der Waals surface area contributed by atoms with Crippen molar-refractivity contribution in [3.63, 3.8) is 0 Å². The summed E-state index contributed by atoms with van der Waals surface area (Å²) in [7, 11) is 0. The van der Waals surface area contributed by atoms with Gasteiger partial charge in [0.25, 0.3) is 0 Å². The minimum atomic E-state index is -0.601. The van der Waals surface area contributed by atoms with Crippen molar-refractivity contribution in [2.45, 2.75) is 0 Å². The highest BCUT2D eigenvalue weighted by atomic mass is 35.5. The monoisotopic (exact) mass is 306 g/mol. The molecule has 3 nitrogen and oxygen atoms in total. The van der Waals surface area contributed by atoms with Crippen LogP contribution in [0.1, 0.15) is 0 Å². The van der Waals surface area contributed by atoms with Gasteiger partial charge in [-0.2, -0.15) is 0 Å². The quantitative estimate of drug-likeness (QED) is 0.757. The Labute approximate surface area is 123 Å². The minimum Gasteiger partial charge on any atom is -0.380 e. The molecule has 0 bridgehead atoms. The van der Waals surface area contributed by atoms with Gasteiger partial charge in [-0.05, 0) is 24.3 Å². The lowest BCUT2D eigenvalue weighted by atomic mass is 10.0. The van der Waals surface area contributed by atoms with Crippen molar-refractivity contribution in [2.75, 3.05) is 5.73 Å². The molecule has 21 heavy (non-hydrogen) atoms. The minimum absolute atomic E-state index is 0.00977. The molecule has 1 heterocycles. The fourth-order valence-electron chi connectivity index (χ4n) is 2.08. The number of hydrogen-bond acceptors (Lipinski definition) is 3. The molecular weight excluding hydrogens is 298 g/mol. The number of anilines is 1. The third kappa shape index (κ3) is 2.36. The van der Waals surface area contributed by atoms with Gasteiger partial charge in [0.2, 0.25) is 0 Å². The van der Waals surface area contributed by atoms with Gasteiger partial charge in [0.05, 0.1) is 11.1 Å². The lowest BCUT2D eigenvalue weighted by molar-refractivity contribution is 0.433. The summed E-state index contributed by atoms with van der Waals surface area (Å²) in [5.41, 5.74) is 6.26. The van der Waals surface area contributed by atoms with Gasteiger partial charge < -0.3 is 10.3 Å². The summed E-state index contributed by atoms with van der Waals surface area (Å²) in [6, 6.07) is 10.1. The summed E-state index contributed by atoms with van der Waals surface area (Å²) >= 11 is 5.72. The number of nitrogens with two attached hydrogens (primary N) is 1. The van der Waals surface area contributed by atoms with Crippen molar-refractivity contribution >= 4 is 17.4 Å². The zero-order chi connectivity index (χ0) is 15.0. The van der Waals surface area contributed by atoms with Crippen molar-refractivity contribution < 1.29 is 13.3 Å². The Bertz CT molecular complexity index is 817. The van der Waals surface area contributed by atoms with Gasteiger partial charge in [0, 0.05) is 10.6 Å². The highest BCUT2D eigenvalue weighted by Gasteiger charge is 2.22. The van der Waals surface area contributed by atoms with Crippen LogP contribution in [0.2, 0.25) is 5.02 Å². The Balaban J connectivity index is 2.25. The van der Waals surface area contributed by atoms with Crippen LogP contribution in [0.5, 0.6) is 0 Å². The first-order valence-corrected chi connectivity index (χ1v) is 6.41. The molecule has 3 rings (SSSR count). The van der Waals surface area contributed by atoms with E-state index >= 15 is 0 Å². The maximum Gasteiger partial charge on any atom is 0.179 e. The molecule has 106 valence electrons. The zero-order valence-electron chi connectivity index (χ0n) is 10.6. The second-order valence-corrected chi connectivity index (χ2v) is 4.81. The van der Waals surface area contributed by atoms with Gasteiger partial charge >= 0.3 is 0 Å². The number of halogens is 3. The summed E-state index contributed by atoms with van der Waals surface area (Å²) in [5, 5.41) is 3.86. The zero-order valence-corrected chi connectivity index (χ0v) is 11.4. The van der Waals surface area contributed by atoms with Gasteiger partial charge in [-0.3, -0.25) is 0 Å². The smallest absolute Gasteiger partial charge is 0.179 e. The van der Waals surface area contributed by atoms with E-state index in [1.807, 2.05) is 0 Å². The molecule has 1 aromatic heterocycles. The van der Waals surface area contributed by atoms with E-state index in [1.54, 1.807) is 12.1 Å². The first-order chi connectivity index (χ1) is 10.1. The van der Waals surface area contributed by atoms with Crippen LogP contribution in [-0.4, -0.2) is 5.16 Å². The topological polar surface area (TPSA) is 52.0 Å². The van der Waals surface area contributed by atoms with Gasteiger partial charge in [-0.1, -0.05) is 35.0 Å². The molecule has 0 aliphatic rings. The van der Waals surface area contributed by atoms with Crippen LogP contribution >= 0.6 is 11.6 Å². The molecule has 0 spiro atoms. The highest BCUT2D eigenvalue weighted by molar-refractivity contribution is 6.30. The van der Waals surface area contributed by atoms with Gasteiger partial charge in [-0.15, -0.1) is 0 Å². The Kier molecular flexibility index (Phi) is 3.35. The Morgan fingerprint density at radius 2 is 1.76 bits per heavy atom. The fraction of sp³-hybridized carbons (Fsp3) is 0. The average Bonchev–Trinajstić information content (AvgIpc) is 2.81. The fourth-order valence-corrected chi connectivity index (χ4v) is 2.24. The van der Waals surface area contributed by atoms with E-state index in [1.165, 1.54) is 24.3 Å². The van der Waals surface area contributed by atoms with Crippen molar-refractivity contribution in [3.8, 4) is 22.5 Å².